The number of pyridine rings is 1. The van der Waals surface area contributed by atoms with Gasteiger partial charge in [0.2, 0.25) is 0 Å². The van der Waals surface area contributed by atoms with Gasteiger partial charge in [-0.25, -0.2) is 4.98 Å². The lowest BCUT2D eigenvalue weighted by atomic mass is 10.2. The maximum absolute atomic E-state index is 6.18. The summed E-state index contributed by atoms with van der Waals surface area (Å²) in [7, 11) is 0. The standard InChI is InChI=1S/C22H26N6O/c1-16(23)14-28-22-17(13-25-28)5-6-20-19(22)12-18(29-20)15-26-8-10-27(11-9-26)21-4-2-3-7-24-21/h2-7,12-13,16H,8-11,14-15,23H2,1H3. The lowest BCUT2D eigenvalue weighted by Gasteiger charge is -2.34. The molecular weight excluding hydrogens is 364 g/mol. The normalized spacial score (nSPS) is 16.7. The number of nitrogens with two attached hydrogens (primary N) is 1. The molecule has 1 atom stereocenters. The summed E-state index contributed by atoms with van der Waals surface area (Å²) in [4.78, 5) is 9.24. The molecule has 1 aromatic carbocycles. The van der Waals surface area contributed by atoms with Crippen LogP contribution in [0, 0.1) is 0 Å². The summed E-state index contributed by atoms with van der Waals surface area (Å²) in [5.41, 5.74) is 8.02. The lowest BCUT2D eigenvalue weighted by molar-refractivity contribution is 0.232. The van der Waals surface area contributed by atoms with Crippen molar-refractivity contribution in [2.45, 2.75) is 26.1 Å². The number of piperazine rings is 1. The number of hydrogen-bond donors (Lipinski definition) is 1. The monoisotopic (exact) mass is 390 g/mol. The predicted octanol–water partition coefficient (Wildman–Crippen LogP) is 2.85. The maximum atomic E-state index is 6.18. The van der Waals surface area contributed by atoms with Crippen LogP contribution in [0.4, 0.5) is 5.82 Å². The number of hydrogen-bond acceptors (Lipinski definition) is 6. The fraction of sp³-hybridized carbons (Fsp3) is 0.364. The first kappa shape index (κ1) is 18.1. The van der Waals surface area contributed by atoms with E-state index in [9.17, 15) is 0 Å². The van der Waals surface area contributed by atoms with Gasteiger partial charge in [0.05, 0.1) is 24.8 Å². The molecule has 1 aliphatic rings. The van der Waals surface area contributed by atoms with Crippen LogP contribution in [0.25, 0.3) is 21.9 Å². The largest absolute Gasteiger partial charge is 0.460 e. The highest BCUT2D eigenvalue weighted by Gasteiger charge is 2.20. The predicted molar refractivity (Wildman–Crippen MR) is 115 cm³/mol. The van der Waals surface area contributed by atoms with E-state index in [1.165, 1.54) is 0 Å². The highest BCUT2D eigenvalue weighted by molar-refractivity contribution is 6.03. The third kappa shape index (κ3) is 3.59. The number of fused-ring (bicyclic) bond motifs is 3. The van der Waals surface area contributed by atoms with Crippen molar-refractivity contribution in [2.75, 3.05) is 31.1 Å². The first-order chi connectivity index (χ1) is 14.2. The van der Waals surface area contributed by atoms with Crippen LogP contribution in [0.1, 0.15) is 12.7 Å². The Bertz CT molecular complexity index is 1110. The van der Waals surface area contributed by atoms with Gasteiger partial charge in [-0.05, 0) is 37.3 Å². The topological polar surface area (TPSA) is 76.4 Å². The highest BCUT2D eigenvalue weighted by atomic mass is 16.3. The van der Waals surface area contributed by atoms with Gasteiger partial charge in [-0.3, -0.25) is 9.58 Å². The van der Waals surface area contributed by atoms with Crippen LogP contribution < -0.4 is 10.6 Å². The molecular formula is C22H26N6O. The highest BCUT2D eigenvalue weighted by Crippen LogP contribution is 2.29. The van der Waals surface area contributed by atoms with Crippen molar-refractivity contribution in [1.29, 1.82) is 0 Å². The molecule has 2 N–H and O–H groups in total. The zero-order chi connectivity index (χ0) is 19.8. The van der Waals surface area contributed by atoms with Crippen LogP contribution in [0.2, 0.25) is 0 Å². The van der Waals surface area contributed by atoms with Gasteiger partial charge < -0.3 is 15.1 Å². The van der Waals surface area contributed by atoms with Crippen LogP contribution in [-0.2, 0) is 13.1 Å². The van der Waals surface area contributed by atoms with Crippen LogP contribution in [0.3, 0.4) is 0 Å². The van der Waals surface area contributed by atoms with Crippen LogP contribution >= 0.6 is 0 Å². The molecule has 1 fully saturated rings. The van der Waals surface area contributed by atoms with Crippen molar-refractivity contribution in [2.24, 2.45) is 5.73 Å². The Kier molecular flexibility index (Phi) is 4.69. The van der Waals surface area contributed by atoms with Gasteiger partial charge in [0, 0.05) is 49.2 Å². The molecule has 1 saturated heterocycles. The first-order valence-electron chi connectivity index (χ1n) is 10.2. The molecule has 0 aliphatic carbocycles. The van der Waals surface area contributed by atoms with Gasteiger partial charge in [-0.1, -0.05) is 6.07 Å². The molecule has 0 spiro atoms. The van der Waals surface area contributed by atoms with Crippen LogP contribution in [0.15, 0.2) is 53.2 Å². The minimum Gasteiger partial charge on any atom is -0.460 e. The molecule has 7 heteroatoms. The quantitative estimate of drug-likeness (QED) is 0.565. The van der Waals surface area contributed by atoms with Gasteiger partial charge >= 0.3 is 0 Å². The van der Waals surface area contributed by atoms with Crippen molar-refractivity contribution in [1.82, 2.24) is 19.7 Å². The molecule has 3 aromatic heterocycles. The van der Waals surface area contributed by atoms with Crippen molar-refractivity contribution >= 4 is 27.7 Å². The van der Waals surface area contributed by atoms with Gasteiger partial charge in [0.1, 0.15) is 17.2 Å². The zero-order valence-corrected chi connectivity index (χ0v) is 16.7. The van der Waals surface area contributed by atoms with Gasteiger partial charge in [-0.2, -0.15) is 5.10 Å². The van der Waals surface area contributed by atoms with Crippen molar-refractivity contribution in [3.63, 3.8) is 0 Å². The third-order valence-corrected chi connectivity index (χ3v) is 5.53. The van der Waals surface area contributed by atoms with E-state index in [4.69, 9.17) is 10.2 Å². The van der Waals surface area contributed by atoms with Crippen LogP contribution in [0.5, 0.6) is 0 Å². The molecule has 0 amide bonds. The average Bonchev–Trinajstić information content (AvgIpc) is 3.32. The molecule has 5 rings (SSSR count). The Balaban J connectivity index is 1.34. The average molecular weight is 390 g/mol. The Labute approximate surface area is 169 Å². The van der Waals surface area contributed by atoms with Crippen molar-refractivity contribution in [3.05, 3.63) is 54.6 Å². The summed E-state index contributed by atoms with van der Waals surface area (Å²) >= 11 is 0. The SMILES string of the molecule is CC(N)Cn1ncc2ccc3oc(CN4CCN(c5ccccn5)CC4)cc3c21. The number of furan rings is 1. The Hall–Kier alpha value is -2.90. The number of aromatic nitrogens is 3. The molecule has 1 unspecified atom stereocenters. The van der Waals surface area contributed by atoms with E-state index in [0.717, 1.165) is 66.2 Å². The van der Waals surface area contributed by atoms with E-state index < -0.39 is 0 Å². The van der Waals surface area contributed by atoms with E-state index in [2.05, 4.69) is 38.1 Å². The molecule has 7 nitrogen and oxygen atoms in total. The van der Waals surface area contributed by atoms with E-state index >= 15 is 0 Å². The Morgan fingerprint density at radius 1 is 1.14 bits per heavy atom. The molecule has 150 valence electrons. The molecule has 0 saturated carbocycles. The molecule has 4 aromatic rings. The van der Waals surface area contributed by atoms with Gasteiger partial charge in [0.25, 0.3) is 0 Å². The van der Waals surface area contributed by atoms with E-state index in [1.807, 2.05) is 42.2 Å². The van der Waals surface area contributed by atoms with Gasteiger partial charge in [0.15, 0.2) is 0 Å². The molecule has 0 bridgehead atoms. The smallest absolute Gasteiger partial charge is 0.136 e. The minimum atomic E-state index is 0.0510. The van der Waals surface area contributed by atoms with Crippen molar-refractivity contribution in [3.8, 4) is 0 Å². The van der Waals surface area contributed by atoms with E-state index in [-0.39, 0.29) is 6.04 Å². The number of rotatable bonds is 5. The summed E-state index contributed by atoms with van der Waals surface area (Å²) in [5.74, 6) is 2.05. The molecule has 1 aliphatic heterocycles. The Morgan fingerprint density at radius 2 is 2.00 bits per heavy atom. The summed E-state index contributed by atoms with van der Waals surface area (Å²) in [6.45, 7) is 7.44. The summed E-state index contributed by atoms with van der Waals surface area (Å²) in [6.07, 6.45) is 3.76. The second-order valence-corrected chi connectivity index (χ2v) is 7.88. The van der Waals surface area contributed by atoms with Gasteiger partial charge in [-0.15, -0.1) is 0 Å². The number of nitrogens with zero attached hydrogens (tertiary/aromatic N) is 5. The summed E-state index contributed by atoms with van der Waals surface area (Å²) < 4.78 is 8.17. The number of anilines is 1. The second-order valence-electron chi connectivity index (χ2n) is 7.88. The van der Waals surface area contributed by atoms with E-state index in [1.54, 1.807) is 0 Å². The Morgan fingerprint density at radius 3 is 2.76 bits per heavy atom. The first-order valence-corrected chi connectivity index (χ1v) is 10.2. The molecule has 4 heterocycles. The number of benzene rings is 1. The minimum absolute atomic E-state index is 0.0510. The summed E-state index contributed by atoms with van der Waals surface area (Å²) in [6, 6.07) is 12.4. The molecule has 0 radical (unpaired) electrons. The fourth-order valence-corrected chi connectivity index (χ4v) is 4.13. The second kappa shape index (κ2) is 7.50. The summed E-state index contributed by atoms with van der Waals surface area (Å²) in [5, 5.41) is 6.75. The fourth-order valence-electron chi connectivity index (χ4n) is 4.13. The van der Waals surface area contributed by atoms with Crippen molar-refractivity contribution < 1.29 is 4.42 Å². The van der Waals surface area contributed by atoms with E-state index in [0.29, 0.717) is 6.54 Å². The lowest BCUT2D eigenvalue weighted by Crippen LogP contribution is -2.46. The third-order valence-electron chi connectivity index (χ3n) is 5.53. The maximum Gasteiger partial charge on any atom is 0.136 e. The van der Waals surface area contributed by atoms with Crippen LogP contribution in [-0.4, -0.2) is 51.9 Å². The molecule has 29 heavy (non-hydrogen) atoms. The zero-order valence-electron chi connectivity index (χ0n) is 16.7.